The minimum Gasteiger partial charge on any atom is -0.326 e. The lowest BCUT2D eigenvalue weighted by atomic mass is 10.1. The van der Waals surface area contributed by atoms with E-state index in [0.29, 0.717) is 5.25 Å². The molecule has 0 bridgehead atoms. The van der Waals surface area contributed by atoms with Crippen LogP contribution in [0.2, 0.25) is 0 Å². The number of thioether (sulfide) groups is 1. The van der Waals surface area contributed by atoms with E-state index >= 15 is 0 Å². The second kappa shape index (κ2) is 5.91. The summed E-state index contributed by atoms with van der Waals surface area (Å²) in [7, 11) is 1.94. The van der Waals surface area contributed by atoms with E-state index in [9.17, 15) is 0 Å². The number of aryl methyl sites for hydroxylation is 2. The maximum Gasteiger partial charge on any atom is 0.0626 e. The molecule has 0 aliphatic rings. The number of hydrogen-bond acceptors (Lipinski definition) is 4. The van der Waals surface area contributed by atoms with Gasteiger partial charge in [0.1, 0.15) is 0 Å². The van der Waals surface area contributed by atoms with Crippen molar-refractivity contribution in [1.82, 2.24) is 9.78 Å². The van der Waals surface area contributed by atoms with Crippen molar-refractivity contribution < 1.29 is 0 Å². The van der Waals surface area contributed by atoms with E-state index in [4.69, 9.17) is 5.73 Å². The molecule has 0 saturated carbocycles. The van der Waals surface area contributed by atoms with E-state index in [1.807, 2.05) is 35.9 Å². The lowest BCUT2D eigenvalue weighted by molar-refractivity contribution is 0.638. The molecule has 2 aromatic heterocycles. The normalized spacial score (nSPS) is 14.7. The van der Waals surface area contributed by atoms with Gasteiger partial charge < -0.3 is 5.73 Å². The minimum absolute atomic E-state index is 0.174. The van der Waals surface area contributed by atoms with Crippen molar-refractivity contribution in [2.24, 2.45) is 12.8 Å². The molecule has 2 N–H and O–H groups in total. The summed E-state index contributed by atoms with van der Waals surface area (Å²) in [6, 6.07) is 2.34. The molecule has 2 rings (SSSR count). The van der Waals surface area contributed by atoms with Crippen LogP contribution in [-0.4, -0.2) is 15.8 Å². The highest BCUT2D eigenvalue weighted by molar-refractivity contribution is 7.99. The van der Waals surface area contributed by atoms with Crippen LogP contribution < -0.4 is 5.73 Å². The van der Waals surface area contributed by atoms with Gasteiger partial charge in [0, 0.05) is 29.1 Å². The predicted octanol–water partition coefficient (Wildman–Crippen LogP) is 3.36. The van der Waals surface area contributed by atoms with Gasteiger partial charge >= 0.3 is 0 Å². The Hall–Kier alpha value is -0.780. The molecule has 2 heterocycles. The number of nitrogens with two attached hydrogens (primary N) is 1. The number of rotatable bonds is 5. The molecule has 2 aromatic rings. The van der Waals surface area contributed by atoms with Crippen LogP contribution in [0.25, 0.3) is 0 Å². The Morgan fingerprint density at radius 1 is 1.56 bits per heavy atom. The summed E-state index contributed by atoms with van der Waals surface area (Å²) >= 11 is 3.62. The maximum atomic E-state index is 6.29. The van der Waals surface area contributed by atoms with Crippen LogP contribution in [0.4, 0.5) is 0 Å². The maximum absolute atomic E-state index is 6.29. The molecular formula is C13H19N3S2. The van der Waals surface area contributed by atoms with Crippen LogP contribution in [0, 0.1) is 6.92 Å². The van der Waals surface area contributed by atoms with Crippen molar-refractivity contribution in [2.75, 3.05) is 0 Å². The molecule has 0 aromatic carbocycles. The Labute approximate surface area is 116 Å². The fourth-order valence-electron chi connectivity index (χ4n) is 1.83. The third-order valence-electron chi connectivity index (χ3n) is 2.96. The van der Waals surface area contributed by atoms with Gasteiger partial charge in [-0.1, -0.05) is 6.92 Å². The largest absolute Gasteiger partial charge is 0.326 e. The van der Waals surface area contributed by atoms with E-state index in [-0.39, 0.29) is 6.04 Å². The first-order valence-corrected chi connectivity index (χ1v) is 7.82. The van der Waals surface area contributed by atoms with Gasteiger partial charge in [-0.25, -0.2) is 0 Å². The number of thiophene rings is 1. The second-order valence-electron chi connectivity index (χ2n) is 4.43. The molecule has 0 aliphatic heterocycles. The van der Waals surface area contributed by atoms with E-state index in [0.717, 1.165) is 6.42 Å². The molecule has 5 heteroatoms. The van der Waals surface area contributed by atoms with E-state index < -0.39 is 0 Å². The molecule has 3 nitrogen and oxygen atoms in total. The summed E-state index contributed by atoms with van der Waals surface area (Å²) in [4.78, 5) is 2.57. The highest BCUT2D eigenvalue weighted by Gasteiger charge is 2.23. The van der Waals surface area contributed by atoms with Crippen LogP contribution in [0.5, 0.6) is 0 Å². The van der Waals surface area contributed by atoms with Gasteiger partial charge in [0.15, 0.2) is 0 Å². The first kappa shape index (κ1) is 13.6. The van der Waals surface area contributed by atoms with Gasteiger partial charge in [0.05, 0.1) is 11.4 Å². The standard InChI is InChI=1S/C13H19N3S2/c1-4-11(14)13(12-9(2)5-6-17-12)18-10-7-15-16(3)8-10/h5-8,11,13H,4,14H2,1-3H3. The predicted molar refractivity (Wildman–Crippen MR) is 79.1 cm³/mol. The molecule has 18 heavy (non-hydrogen) atoms. The van der Waals surface area contributed by atoms with Gasteiger partial charge in [-0.3, -0.25) is 4.68 Å². The zero-order valence-electron chi connectivity index (χ0n) is 11.0. The average Bonchev–Trinajstić information content (AvgIpc) is 2.94. The topological polar surface area (TPSA) is 43.8 Å². The molecule has 0 fully saturated rings. The minimum atomic E-state index is 0.174. The first-order chi connectivity index (χ1) is 8.61. The Morgan fingerprint density at radius 3 is 2.83 bits per heavy atom. The zero-order valence-corrected chi connectivity index (χ0v) is 12.6. The van der Waals surface area contributed by atoms with Crippen molar-refractivity contribution in [1.29, 1.82) is 0 Å². The van der Waals surface area contributed by atoms with Crippen molar-refractivity contribution in [3.8, 4) is 0 Å². The molecule has 2 unspecified atom stereocenters. The molecular weight excluding hydrogens is 262 g/mol. The molecule has 0 spiro atoms. The van der Waals surface area contributed by atoms with Gasteiger partial charge in [-0.2, -0.15) is 5.10 Å². The molecule has 0 radical (unpaired) electrons. The lowest BCUT2D eigenvalue weighted by Crippen LogP contribution is -2.25. The van der Waals surface area contributed by atoms with Crippen molar-refractivity contribution in [3.05, 3.63) is 34.3 Å². The smallest absolute Gasteiger partial charge is 0.0626 e. The highest BCUT2D eigenvalue weighted by Crippen LogP contribution is 2.41. The summed E-state index contributed by atoms with van der Waals surface area (Å²) in [6.45, 7) is 4.30. The Bertz CT molecular complexity index is 504. The molecule has 98 valence electrons. The summed E-state index contributed by atoms with van der Waals surface area (Å²) in [5, 5.41) is 6.68. The molecule has 2 atom stereocenters. The van der Waals surface area contributed by atoms with Crippen molar-refractivity contribution in [3.63, 3.8) is 0 Å². The van der Waals surface area contributed by atoms with Crippen LogP contribution in [-0.2, 0) is 7.05 Å². The van der Waals surface area contributed by atoms with Crippen LogP contribution in [0.3, 0.4) is 0 Å². The lowest BCUT2D eigenvalue weighted by Gasteiger charge is -2.21. The van der Waals surface area contributed by atoms with Gasteiger partial charge in [-0.15, -0.1) is 23.1 Å². The number of aromatic nitrogens is 2. The second-order valence-corrected chi connectivity index (χ2v) is 6.59. The SMILES string of the molecule is CCC(N)C(Sc1cnn(C)c1)c1sccc1C. The Kier molecular flexibility index (Phi) is 4.48. The van der Waals surface area contributed by atoms with Crippen LogP contribution >= 0.6 is 23.1 Å². The molecule has 0 saturated heterocycles. The summed E-state index contributed by atoms with van der Waals surface area (Å²) in [5.74, 6) is 0. The fourth-order valence-corrected chi connectivity index (χ4v) is 4.40. The van der Waals surface area contributed by atoms with E-state index in [2.05, 4.69) is 30.4 Å². The monoisotopic (exact) mass is 281 g/mol. The number of nitrogens with zero attached hydrogens (tertiary/aromatic N) is 2. The number of hydrogen-bond donors (Lipinski definition) is 1. The third-order valence-corrected chi connectivity index (χ3v) is 5.54. The highest BCUT2D eigenvalue weighted by atomic mass is 32.2. The summed E-state index contributed by atoms with van der Waals surface area (Å²) in [5.41, 5.74) is 7.63. The van der Waals surface area contributed by atoms with Gasteiger partial charge in [0.25, 0.3) is 0 Å². The zero-order chi connectivity index (χ0) is 13.1. The Morgan fingerprint density at radius 2 is 2.33 bits per heavy atom. The Balaban J connectivity index is 2.23. The van der Waals surface area contributed by atoms with Gasteiger partial charge in [0.2, 0.25) is 0 Å². The quantitative estimate of drug-likeness (QED) is 0.855. The summed E-state index contributed by atoms with van der Waals surface area (Å²) < 4.78 is 1.83. The average molecular weight is 281 g/mol. The van der Waals surface area contributed by atoms with Crippen molar-refractivity contribution in [2.45, 2.75) is 36.5 Å². The van der Waals surface area contributed by atoms with E-state index in [1.54, 1.807) is 11.3 Å². The molecule has 0 aliphatic carbocycles. The summed E-state index contributed by atoms with van der Waals surface area (Å²) in [6.07, 6.45) is 4.93. The molecule has 0 amide bonds. The van der Waals surface area contributed by atoms with Gasteiger partial charge in [-0.05, 0) is 30.4 Å². The van der Waals surface area contributed by atoms with Crippen LogP contribution in [0.15, 0.2) is 28.7 Å². The van der Waals surface area contributed by atoms with Crippen LogP contribution in [0.1, 0.15) is 29.0 Å². The third kappa shape index (κ3) is 2.96. The first-order valence-electron chi connectivity index (χ1n) is 6.06. The van der Waals surface area contributed by atoms with Crippen molar-refractivity contribution >= 4 is 23.1 Å². The fraction of sp³-hybridized carbons (Fsp3) is 0.462. The van der Waals surface area contributed by atoms with E-state index in [1.165, 1.54) is 15.3 Å².